The highest BCUT2D eigenvalue weighted by Crippen LogP contribution is 2.51. The number of aliphatic imine (C=N–C) groups is 1. The standard InChI is InChI=1S/C31H24F4N2O2S/c32-29(33)38-23-13-9-19(10-14-23)17-22-7-4-8-25-27(22)36-31-37(26(18-40-31)20-5-2-1-3-6-20)28(25)21-11-15-24(16-12-21)39-30(34)35/h1-3,5-6,9-18,28-30H,4,7-8H2/b22-17+. The molecule has 1 unspecified atom stereocenters. The third-order valence-corrected chi connectivity index (χ3v) is 7.81. The third kappa shape index (κ3) is 5.38. The minimum Gasteiger partial charge on any atom is -0.435 e. The molecule has 0 N–H and O–H groups in total. The molecule has 0 saturated heterocycles. The number of halogens is 4. The summed E-state index contributed by atoms with van der Waals surface area (Å²) in [6, 6.07) is 23.3. The van der Waals surface area contributed by atoms with E-state index in [4.69, 9.17) is 4.99 Å². The molecule has 0 aromatic heterocycles. The van der Waals surface area contributed by atoms with Crippen LogP contribution in [0, 0.1) is 0 Å². The molecule has 0 radical (unpaired) electrons. The Kier molecular flexibility index (Phi) is 7.38. The number of allylic oxidation sites excluding steroid dienone is 1. The summed E-state index contributed by atoms with van der Waals surface area (Å²) in [5.74, 6) is 0.214. The van der Waals surface area contributed by atoms with Crippen molar-refractivity contribution in [1.29, 1.82) is 0 Å². The number of alkyl halides is 4. The number of amidine groups is 1. The molecule has 0 spiro atoms. The Morgan fingerprint density at radius 1 is 0.825 bits per heavy atom. The average molecular weight is 565 g/mol. The van der Waals surface area contributed by atoms with Crippen molar-refractivity contribution in [1.82, 2.24) is 4.90 Å². The van der Waals surface area contributed by atoms with E-state index in [9.17, 15) is 17.6 Å². The Morgan fingerprint density at radius 3 is 2.12 bits per heavy atom. The molecule has 6 rings (SSSR count). The summed E-state index contributed by atoms with van der Waals surface area (Å²) < 4.78 is 59.8. The summed E-state index contributed by atoms with van der Waals surface area (Å²) >= 11 is 1.55. The lowest BCUT2D eigenvalue weighted by Gasteiger charge is -2.40. The van der Waals surface area contributed by atoms with Gasteiger partial charge >= 0.3 is 13.2 Å². The molecule has 2 aliphatic heterocycles. The Bertz CT molecular complexity index is 1500. The molecule has 0 saturated carbocycles. The average Bonchev–Trinajstić information content (AvgIpc) is 3.37. The number of nitrogens with zero attached hydrogens (tertiary/aromatic N) is 2. The van der Waals surface area contributed by atoms with Crippen LogP contribution in [-0.2, 0) is 0 Å². The van der Waals surface area contributed by atoms with Crippen molar-refractivity contribution < 1.29 is 27.0 Å². The fraction of sp³-hybridized carbons (Fsp3) is 0.194. The second-order valence-corrected chi connectivity index (χ2v) is 10.3. The molecule has 0 bridgehead atoms. The highest BCUT2D eigenvalue weighted by Gasteiger charge is 2.40. The van der Waals surface area contributed by atoms with E-state index in [2.05, 4.69) is 31.9 Å². The van der Waals surface area contributed by atoms with Gasteiger partial charge in [-0.05, 0) is 77.4 Å². The van der Waals surface area contributed by atoms with Gasteiger partial charge in [0.1, 0.15) is 11.5 Å². The maximum atomic E-state index is 12.8. The zero-order valence-corrected chi connectivity index (χ0v) is 22.0. The molecule has 204 valence electrons. The molecule has 40 heavy (non-hydrogen) atoms. The predicted molar refractivity (Wildman–Crippen MR) is 149 cm³/mol. The van der Waals surface area contributed by atoms with Crippen molar-refractivity contribution in [2.75, 3.05) is 0 Å². The highest BCUT2D eigenvalue weighted by molar-refractivity contribution is 8.16. The van der Waals surface area contributed by atoms with Gasteiger partial charge in [-0.3, -0.25) is 0 Å². The lowest BCUT2D eigenvalue weighted by Crippen LogP contribution is -2.34. The number of fused-ring (bicyclic) bond motifs is 1. The molecule has 3 aromatic rings. The van der Waals surface area contributed by atoms with Gasteiger partial charge in [0.2, 0.25) is 0 Å². The predicted octanol–water partition coefficient (Wildman–Crippen LogP) is 8.87. The maximum absolute atomic E-state index is 12.8. The first-order valence-electron chi connectivity index (χ1n) is 12.8. The van der Waals surface area contributed by atoms with Crippen LogP contribution in [-0.4, -0.2) is 23.3 Å². The maximum Gasteiger partial charge on any atom is 0.387 e. The minimum atomic E-state index is -2.89. The number of hydrogen-bond donors (Lipinski definition) is 0. The fourth-order valence-corrected chi connectivity index (χ4v) is 6.24. The van der Waals surface area contributed by atoms with Crippen LogP contribution in [0.5, 0.6) is 11.5 Å². The monoisotopic (exact) mass is 564 g/mol. The SMILES string of the molecule is FC(F)Oc1ccc(/C=C2\CCCC3=C2N=C2SC=C(c4ccccc4)N2C3c2ccc(OC(F)F)cc2)cc1. The summed E-state index contributed by atoms with van der Waals surface area (Å²) in [5, 5.41) is 2.93. The summed E-state index contributed by atoms with van der Waals surface area (Å²) in [4.78, 5) is 7.35. The molecule has 1 aliphatic carbocycles. The van der Waals surface area contributed by atoms with E-state index in [0.717, 1.165) is 63.7 Å². The second kappa shape index (κ2) is 11.3. The summed E-state index contributed by atoms with van der Waals surface area (Å²) in [5.41, 5.74) is 7.02. The van der Waals surface area contributed by atoms with Gasteiger partial charge in [-0.15, -0.1) is 0 Å². The molecule has 9 heteroatoms. The minimum absolute atomic E-state index is 0.107. The molecule has 3 aliphatic rings. The Morgan fingerprint density at radius 2 is 1.48 bits per heavy atom. The van der Waals surface area contributed by atoms with E-state index < -0.39 is 13.2 Å². The Balaban J connectivity index is 1.41. The summed E-state index contributed by atoms with van der Waals surface area (Å²) in [6.07, 6.45) is 4.61. The zero-order chi connectivity index (χ0) is 27.6. The largest absolute Gasteiger partial charge is 0.435 e. The normalized spacial score (nSPS) is 19.5. The van der Waals surface area contributed by atoms with E-state index in [1.165, 1.54) is 12.1 Å². The number of thioether (sulfide) groups is 1. The Labute approximate surface area is 233 Å². The van der Waals surface area contributed by atoms with Crippen LogP contribution >= 0.6 is 11.8 Å². The van der Waals surface area contributed by atoms with Crippen LogP contribution < -0.4 is 9.47 Å². The second-order valence-electron chi connectivity index (χ2n) is 9.45. The summed E-state index contributed by atoms with van der Waals surface area (Å²) in [7, 11) is 0. The number of hydrogen-bond acceptors (Lipinski definition) is 5. The topological polar surface area (TPSA) is 34.1 Å². The molecule has 0 fully saturated rings. The van der Waals surface area contributed by atoms with E-state index >= 15 is 0 Å². The van der Waals surface area contributed by atoms with Crippen molar-refractivity contribution in [2.24, 2.45) is 4.99 Å². The van der Waals surface area contributed by atoms with Crippen molar-refractivity contribution in [3.8, 4) is 11.5 Å². The van der Waals surface area contributed by atoms with Gasteiger partial charge in [0.25, 0.3) is 0 Å². The third-order valence-electron chi connectivity index (χ3n) is 6.97. The first kappa shape index (κ1) is 26.3. The van der Waals surface area contributed by atoms with Crippen LogP contribution in [0.15, 0.2) is 106 Å². The van der Waals surface area contributed by atoms with E-state index in [1.807, 2.05) is 36.4 Å². The first-order chi connectivity index (χ1) is 19.5. The van der Waals surface area contributed by atoms with Gasteiger partial charge in [0.15, 0.2) is 5.17 Å². The van der Waals surface area contributed by atoms with Crippen molar-refractivity contribution >= 4 is 28.7 Å². The van der Waals surface area contributed by atoms with Crippen molar-refractivity contribution in [2.45, 2.75) is 38.5 Å². The number of rotatable bonds is 7. The quantitative estimate of drug-likeness (QED) is 0.269. The zero-order valence-electron chi connectivity index (χ0n) is 21.1. The van der Waals surface area contributed by atoms with Crippen molar-refractivity contribution in [3.05, 3.63) is 118 Å². The van der Waals surface area contributed by atoms with E-state index in [0.29, 0.717) is 0 Å². The van der Waals surface area contributed by atoms with E-state index in [1.54, 1.807) is 36.0 Å². The van der Waals surface area contributed by atoms with Gasteiger partial charge < -0.3 is 14.4 Å². The van der Waals surface area contributed by atoms with Crippen LogP contribution in [0.2, 0.25) is 0 Å². The van der Waals surface area contributed by atoms with Crippen LogP contribution in [0.4, 0.5) is 17.6 Å². The van der Waals surface area contributed by atoms with Crippen molar-refractivity contribution in [3.63, 3.8) is 0 Å². The molecule has 2 heterocycles. The number of ether oxygens (including phenoxy) is 2. The first-order valence-corrected chi connectivity index (χ1v) is 13.7. The molecular formula is C31H24F4N2O2S. The van der Waals surface area contributed by atoms with Gasteiger partial charge in [0, 0.05) is 5.41 Å². The van der Waals surface area contributed by atoms with Gasteiger partial charge in [-0.25, -0.2) is 4.99 Å². The van der Waals surface area contributed by atoms with Gasteiger partial charge in [-0.2, -0.15) is 17.6 Å². The molecule has 0 amide bonds. The smallest absolute Gasteiger partial charge is 0.387 e. The molecule has 4 nitrogen and oxygen atoms in total. The lowest BCUT2D eigenvalue weighted by molar-refractivity contribution is -0.0505. The summed E-state index contributed by atoms with van der Waals surface area (Å²) in [6.45, 7) is -5.76. The molecular weight excluding hydrogens is 540 g/mol. The highest BCUT2D eigenvalue weighted by atomic mass is 32.2. The fourth-order valence-electron chi connectivity index (χ4n) is 5.31. The molecule has 3 aromatic carbocycles. The van der Waals surface area contributed by atoms with Crippen LogP contribution in [0.3, 0.4) is 0 Å². The number of benzene rings is 3. The molecule has 1 atom stereocenters. The van der Waals surface area contributed by atoms with Gasteiger partial charge in [0.05, 0.1) is 17.4 Å². The van der Waals surface area contributed by atoms with Crippen LogP contribution in [0.1, 0.15) is 42.0 Å². The van der Waals surface area contributed by atoms with Crippen LogP contribution in [0.25, 0.3) is 11.8 Å². The van der Waals surface area contributed by atoms with Gasteiger partial charge in [-0.1, -0.05) is 66.4 Å². The van der Waals surface area contributed by atoms with E-state index in [-0.39, 0.29) is 17.5 Å². The Hall–Kier alpha value is -3.98. The lowest BCUT2D eigenvalue weighted by atomic mass is 9.82.